The van der Waals surface area contributed by atoms with Crippen molar-refractivity contribution in [2.45, 2.75) is 0 Å². The second kappa shape index (κ2) is 3.81. The van der Waals surface area contributed by atoms with Crippen LogP contribution in [0.4, 0.5) is 0 Å². The van der Waals surface area contributed by atoms with Gasteiger partial charge in [-0.25, -0.2) is 0 Å². The van der Waals surface area contributed by atoms with Crippen molar-refractivity contribution in [1.29, 1.82) is 0 Å². The Labute approximate surface area is 95.5 Å². The lowest BCUT2D eigenvalue weighted by Gasteiger charge is -2.02. The Balaban J connectivity index is 2.58. The van der Waals surface area contributed by atoms with Gasteiger partial charge in [0.25, 0.3) is 0 Å². The van der Waals surface area contributed by atoms with Gasteiger partial charge in [0.1, 0.15) is 5.75 Å². The summed E-state index contributed by atoms with van der Waals surface area (Å²) in [6.07, 6.45) is 0. The number of phenols is 1. The molecule has 0 bridgehead atoms. The van der Waals surface area contributed by atoms with Crippen molar-refractivity contribution in [3.8, 4) is 16.2 Å². The number of hydrogen-bond acceptors (Lipinski definition) is 2. The van der Waals surface area contributed by atoms with Gasteiger partial charge >= 0.3 is 0 Å². The maximum Gasteiger partial charge on any atom is 0.117 e. The first-order valence-electron chi connectivity index (χ1n) is 3.90. The molecule has 1 aromatic heterocycles. The molecule has 14 heavy (non-hydrogen) atoms. The lowest BCUT2D eigenvalue weighted by atomic mass is 10.2. The Kier molecular flexibility index (Phi) is 2.68. The number of rotatable bonds is 1. The Morgan fingerprint density at radius 3 is 2.43 bits per heavy atom. The summed E-state index contributed by atoms with van der Waals surface area (Å²) in [5.41, 5.74) is 0.851. The third-order valence-corrected chi connectivity index (χ3v) is 3.50. The predicted octanol–water partition coefficient (Wildman–Crippen LogP) is 4.43. The van der Waals surface area contributed by atoms with Gasteiger partial charge in [-0.1, -0.05) is 23.2 Å². The molecule has 4 heteroatoms. The molecule has 1 heterocycles. The lowest BCUT2D eigenvalue weighted by molar-refractivity contribution is 0.475. The molecule has 0 atom stereocenters. The molecular formula is C10H6Cl2OS. The van der Waals surface area contributed by atoms with Crippen LogP contribution in [0.2, 0.25) is 10.0 Å². The highest BCUT2D eigenvalue weighted by atomic mass is 35.5. The van der Waals surface area contributed by atoms with E-state index in [-0.39, 0.29) is 5.75 Å². The Hall–Kier alpha value is -0.700. The fourth-order valence-corrected chi connectivity index (χ4v) is 2.70. The topological polar surface area (TPSA) is 20.2 Å². The Morgan fingerprint density at radius 1 is 1.07 bits per heavy atom. The van der Waals surface area contributed by atoms with Crippen LogP contribution in [0.15, 0.2) is 29.6 Å². The SMILES string of the molecule is Oc1ccc(-c2sccc2Cl)c(Cl)c1. The van der Waals surface area contributed by atoms with Gasteiger partial charge in [0.15, 0.2) is 0 Å². The largest absolute Gasteiger partial charge is 0.508 e. The van der Waals surface area contributed by atoms with Gasteiger partial charge in [0.2, 0.25) is 0 Å². The van der Waals surface area contributed by atoms with Crippen LogP contribution in [-0.2, 0) is 0 Å². The molecule has 1 N–H and O–H groups in total. The molecule has 2 aromatic rings. The third-order valence-electron chi connectivity index (χ3n) is 1.81. The molecule has 0 aliphatic carbocycles. The van der Waals surface area contributed by atoms with Crippen LogP contribution in [0.1, 0.15) is 0 Å². The maximum absolute atomic E-state index is 9.19. The molecule has 0 unspecified atom stereocenters. The molecule has 72 valence electrons. The average Bonchev–Trinajstić information content (AvgIpc) is 2.52. The predicted molar refractivity (Wildman–Crippen MR) is 61.4 cm³/mol. The molecule has 0 radical (unpaired) electrons. The van der Waals surface area contributed by atoms with E-state index in [1.54, 1.807) is 12.1 Å². The molecular weight excluding hydrogens is 239 g/mol. The van der Waals surface area contributed by atoms with E-state index < -0.39 is 0 Å². The average molecular weight is 245 g/mol. The van der Waals surface area contributed by atoms with E-state index in [0.717, 1.165) is 10.4 Å². The summed E-state index contributed by atoms with van der Waals surface area (Å²) >= 11 is 13.5. The monoisotopic (exact) mass is 244 g/mol. The molecule has 2 rings (SSSR count). The van der Waals surface area contributed by atoms with Gasteiger partial charge in [0.05, 0.1) is 14.9 Å². The van der Waals surface area contributed by atoms with E-state index in [9.17, 15) is 5.11 Å². The molecule has 0 saturated carbocycles. The van der Waals surface area contributed by atoms with E-state index in [1.165, 1.54) is 17.4 Å². The minimum Gasteiger partial charge on any atom is -0.508 e. The number of thiophene rings is 1. The molecule has 1 nitrogen and oxygen atoms in total. The summed E-state index contributed by atoms with van der Waals surface area (Å²) < 4.78 is 0. The standard InChI is InChI=1S/C10H6Cl2OS/c11-8-3-4-14-10(8)7-2-1-6(13)5-9(7)12/h1-5,13H. The normalized spacial score (nSPS) is 10.4. The van der Waals surface area contributed by atoms with Crippen molar-refractivity contribution in [1.82, 2.24) is 0 Å². The van der Waals surface area contributed by atoms with Crippen LogP contribution in [0.5, 0.6) is 5.75 Å². The van der Waals surface area contributed by atoms with Gasteiger partial charge in [-0.05, 0) is 29.6 Å². The van der Waals surface area contributed by atoms with Gasteiger partial charge in [0, 0.05) is 5.56 Å². The van der Waals surface area contributed by atoms with E-state index in [4.69, 9.17) is 23.2 Å². The van der Waals surface area contributed by atoms with Gasteiger partial charge in [-0.3, -0.25) is 0 Å². The van der Waals surface area contributed by atoms with Crippen LogP contribution < -0.4 is 0 Å². The fraction of sp³-hybridized carbons (Fsp3) is 0. The first-order valence-corrected chi connectivity index (χ1v) is 5.54. The summed E-state index contributed by atoms with van der Waals surface area (Å²) in [7, 11) is 0. The van der Waals surface area contributed by atoms with Gasteiger partial charge < -0.3 is 5.11 Å². The summed E-state index contributed by atoms with van der Waals surface area (Å²) in [6, 6.07) is 6.68. The highest BCUT2D eigenvalue weighted by Gasteiger charge is 2.09. The Morgan fingerprint density at radius 2 is 1.86 bits per heavy atom. The molecule has 0 aliphatic heterocycles. The number of phenolic OH excluding ortho intramolecular Hbond substituents is 1. The number of halogens is 2. The van der Waals surface area contributed by atoms with E-state index in [0.29, 0.717) is 10.0 Å². The molecule has 0 spiro atoms. The first kappa shape index (κ1) is 9.84. The molecule has 0 aliphatic rings. The first-order chi connectivity index (χ1) is 6.68. The van der Waals surface area contributed by atoms with Crippen molar-refractivity contribution < 1.29 is 5.11 Å². The van der Waals surface area contributed by atoms with Crippen molar-refractivity contribution >= 4 is 34.5 Å². The van der Waals surface area contributed by atoms with Gasteiger partial charge in [-0.2, -0.15) is 0 Å². The quantitative estimate of drug-likeness (QED) is 0.788. The summed E-state index contributed by atoms with van der Waals surface area (Å²) in [6.45, 7) is 0. The van der Waals surface area contributed by atoms with Crippen molar-refractivity contribution in [2.75, 3.05) is 0 Å². The molecule has 1 aromatic carbocycles. The minimum atomic E-state index is 0.159. The second-order valence-corrected chi connectivity index (χ2v) is 4.49. The smallest absolute Gasteiger partial charge is 0.117 e. The second-order valence-electron chi connectivity index (χ2n) is 2.76. The summed E-state index contributed by atoms with van der Waals surface area (Å²) in [5, 5.41) is 12.3. The van der Waals surface area contributed by atoms with E-state index >= 15 is 0 Å². The molecule has 0 fully saturated rings. The zero-order valence-electron chi connectivity index (χ0n) is 7.00. The Bertz CT molecular complexity index is 465. The zero-order chi connectivity index (χ0) is 10.1. The maximum atomic E-state index is 9.19. The lowest BCUT2D eigenvalue weighted by Crippen LogP contribution is -1.75. The van der Waals surface area contributed by atoms with Crippen molar-refractivity contribution in [3.63, 3.8) is 0 Å². The summed E-state index contributed by atoms with van der Waals surface area (Å²) in [5.74, 6) is 0.159. The summed E-state index contributed by atoms with van der Waals surface area (Å²) in [4.78, 5) is 0.927. The van der Waals surface area contributed by atoms with E-state index in [1.807, 2.05) is 11.4 Å². The zero-order valence-corrected chi connectivity index (χ0v) is 9.33. The molecule has 0 amide bonds. The highest BCUT2D eigenvalue weighted by Crippen LogP contribution is 2.38. The van der Waals surface area contributed by atoms with Crippen LogP contribution in [-0.4, -0.2) is 5.11 Å². The van der Waals surface area contributed by atoms with Crippen molar-refractivity contribution in [2.24, 2.45) is 0 Å². The van der Waals surface area contributed by atoms with E-state index in [2.05, 4.69) is 0 Å². The van der Waals surface area contributed by atoms with Crippen LogP contribution >= 0.6 is 34.5 Å². The van der Waals surface area contributed by atoms with Crippen LogP contribution in [0, 0.1) is 0 Å². The number of aromatic hydroxyl groups is 1. The fourth-order valence-electron chi connectivity index (χ4n) is 1.17. The van der Waals surface area contributed by atoms with Crippen LogP contribution in [0.3, 0.4) is 0 Å². The number of benzene rings is 1. The van der Waals surface area contributed by atoms with Crippen LogP contribution in [0.25, 0.3) is 10.4 Å². The highest BCUT2D eigenvalue weighted by molar-refractivity contribution is 7.14. The van der Waals surface area contributed by atoms with Crippen molar-refractivity contribution in [3.05, 3.63) is 39.7 Å². The number of hydrogen-bond donors (Lipinski definition) is 1. The third kappa shape index (κ3) is 1.73. The minimum absolute atomic E-state index is 0.159. The van der Waals surface area contributed by atoms with Gasteiger partial charge in [-0.15, -0.1) is 11.3 Å². The molecule has 0 saturated heterocycles.